The van der Waals surface area contributed by atoms with Crippen LogP contribution >= 0.6 is 0 Å². The molecule has 1 aliphatic rings. The van der Waals surface area contributed by atoms with Crippen molar-refractivity contribution in [1.82, 2.24) is 0 Å². The van der Waals surface area contributed by atoms with E-state index < -0.39 is 30.1 Å². The number of aliphatic hydroxyl groups excluding tert-OH is 1. The molecule has 2 rings (SSSR count). The maximum atomic E-state index is 12.3. The lowest BCUT2D eigenvalue weighted by Gasteiger charge is -2.31. The fourth-order valence-electron chi connectivity index (χ4n) is 2.67. The van der Waals surface area contributed by atoms with Gasteiger partial charge in [-0.15, -0.1) is 0 Å². The van der Waals surface area contributed by atoms with Crippen molar-refractivity contribution in [3.63, 3.8) is 0 Å². The first-order chi connectivity index (χ1) is 12.9. The van der Waals surface area contributed by atoms with Crippen molar-refractivity contribution < 1.29 is 43.9 Å². The maximum absolute atomic E-state index is 12.3. The van der Waals surface area contributed by atoms with E-state index in [0.29, 0.717) is 11.8 Å². The molecule has 9 nitrogen and oxygen atoms in total. The van der Waals surface area contributed by atoms with Crippen LogP contribution in [0.1, 0.15) is 12.0 Å². The maximum Gasteiger partial charge on any atom is 0.337 e. The average molecular weight is 380 g/mol. The number of ether oxygens (including phenoxy) is 3. The number of benzene rings is 1. The zero-order valence-electron chi connectivity index (χ0n) is 14.5. The van der Waals surface area contributed by atoms with E-state index in [2.05, 4.69) is 4.74 Å². The average Bonchev–Trinajstić information content (AvgIpc) is 2.64. The van der Waals surface area contributed by atoms with Gasteiger partial charge in [0.1, 0.15) is 6.29 Å². The fourth-order valence-corrected chi connectivity index (χ4v) is 2.67. The first-order valence-corrected chi connectivity index (χ1v) is 8.11. The normalized spacial score (nSPS) is 21.6. The van der Waals surface area contributed by atoms with Crippen LogP contribution in [-0.4, -0.2) is 53.6 Å². The summed E-state index contributed by atoms with van der Waals surface area (Å²) < 4.78 is 14.6. The van der Waals surface area contributed by atoms with Gasteiger partial charge in [-0.1, -0.05) is 6.07 Å². The lowest BCUT2D eigenvalue weighted by atomic mass is 9.82. The summed E-state index contributed by atoms with van der Waals surface area (Å²) in [7, 11) is 1.17. The SMILES string of the molecule is COC(=O)CC1C(C(=O)OCCc2ccc(O)c(O)c2)=COC(O)C1C=O. The van der Waals surface area contributed by atoms with Crippen molar-refractivity contribution in [1.29, 1.82) is 0 Å². The minimum absolute atomic E-state index is 0.0559. The smallest absolute Gasteiger partial charge is 0.337 e. The molecule has 0 bridgehead atoms. The van der Waals surface area contributed by atoms with Crippen LogP contribution in [0.15, 0.2) is 30.0 Å². The van der Waals surface area contributed by atoms with E-state index in [4.69, 9.17) is 9.47 Å². The summed E-state index contributed by atoms with van der Waals surface area (Å²) in [5.41, 5.74) is 0.565. The van der Waals surface area contributed by atoms with E-state index in [0.717, 1.165) is 6.26 Å². The predicted molar refractivity (Wildman–Crippen MR) is 89.3 cm³/mol. The van der Waals surface area contributed by atoms with Gasteiger partial charge in [-0.3, -0.25) is 4.79 Å². The standard InChI is InChI=1S/C18H20O9/c1-25-16(22)7-11-12(8-19)17(23)27-9-13(11)18(24)26-5-4-10-2-3-14(20)15(21)6-10/h2-3,6,8-9,11-12,17,20-21,23H,4-5,7H2,1H3. The summed E-state index contributed by atoms with van der Waals surface area (Å²) in [6.07, 6.45) is -0.124. The Labute approximate surface area is 154 Å². The Hall–Kier alpha value is -3.07. The topological polar surface area (TPSA) is 140 Å². The van der Waals surface area contributed by atoms with Gasteiger partial charge in [0.15, 0.2) is 11.5 Å². The fraction of sp³-hybridized carbons (Fsp3) is 0.389. The lowest BCUT2D eigenvalue weighted by molar-refractivity contribution is -0.153. The van der Waals surface area contributed by atoms with Gasteiger partial charge in [0.2, 0.25) is 6.29 Å². The van der Waals surface area contributed by atoms with Gasteiger partial charge in [-0.2, -0.15) is 0 Å². The molecule has 3 unspecified atom stereocenters. The molecule has 9 heteroatoms. The van der Waals surface area contributed by atoms with E-state index >= 15 is 0 Å². The number of carbonyl (C=O) groups excluding carboxylic acids is 3. The summed E-state index contributed by atoms with van der Waals surface area (Å²) in [6, 6.07) is 4.21. The summed E-state index contributed by atoms with van der Waals surface area (Å²) in [5, 5.41) is 28.5. The minimum Gasteiger partial charge on any atom is -0.504 e. The molecule has 0 fully saturated rings. The lowest BCUT2D eigenvalue weighted by Crippen LogP contribution is -2.38. The third-order valence-electron chi connectivity index (χ3n) is 4.20. The van der Waals surface area contributed by atoms with E-state index in [1.165, 1.54) is 19.2 Å². The third kappa shape index (κ3) is 4.98. The van der Waals surface area contributed by atoms with Crippen molar-refractivity contribution in [3.8, 4) is 11.5 Å². The summed E-state index contributed by atoms with van der Waals surface area (Å²) in [5.74, 6) is -4.06. The zero-order valence-corrected chi connectivity index (χ0v) is 14.5. The van der Waals surface area contributed by atoms with Gasteiger partial charge in [0.25, 0.3) is 0 Å². The Kier molecular flexibility index (Phi) is 6.78. The molecule has 0 saturated carbocycles. The van der Waals surface area contributed by atoms with Crippen LogP contribution < -0.4 is 0 Å². The second kappa shape index (κ2) is 9.04. The Morgan fingerprint density at radius 1 is 1.26 bits per heavy atom. The molecule has 1 aromatic carbocycles. The second-order valence-electron chi connectivity index (χ2n) is 5.91. The number of rotatable bonds is 7. The monoisotopic (exact) mass is 380 g/mol. The summed E-state index contributed by atoms with van der Waals surface area (Å²) >= 11 is 0. The van der Waals surface area contributed by atoms with E-state index in [-0.39, 0.29) is 36.5 Å². The molecule has 1 aliphatic heterocycles. The van der Waals surface area contributed by atoms with Crippen molar-refractivity contribution in [2.45, 2.75) is 19.1 Å². The second-order valence-corrected chi connectivity index (χ2v) is 5.91. The molecule has 3 N–H and O–H groups in total. The highest BCUT2D eigenvalue weighted by atomic mass is 16.6. The van der Waals surface area contributed by atoms with Crippen LogP contribution in [0.25, 0.3) is 0 Å². The van der Waals surface area contributed by atoms with Crippen LogP contribution in [0.5, 0.6) is 11.5 Å². The number of phenols is 2. The Morgan fingerprint density at radius 2 is 2.00 bits per heavy atom. The molecule has 0 spiro atoms. The Morgan fingerprint density at radius 3 is 2.63 bits per heavy atom. The highest BCUT2D eigenvalue weighted by Gasteiger charge is 2.40. The molecule has 3 atom stereocenters. The molecular formula is C18H20O9. The molecule has 1 heterocycles. The molecule has 0 radical (unpaired) electrons. The molecule has 0 saturated heterocycles. The van der Waals surface area contributed by atoms with Gasteiger partial charge in [-0.05, 0) is 17.7 Å². The molecule has 0 aromatic heterocycles. The first-order valence-electron chi connectivity index (χ1n) is 8.11. The number of esters is 2. The van der Waals surface area contributed by atoms with Crippen LogP contribution in [0.3, 0.4) is 0 Å². The summed E-state index contributed by atoms with van der Waals surface area (Å²) in [4.78, 5) is 35.2. The number of aliphatic hydroxyl groups is 1. The highest BCUT2D eigenvalue weighted by Crippen LogP contribution is 2.32. The number of carbonyl (C=O) groups is 3. The van der Waals surface area contributed by atoms with Crippen LogP contribution in [0, 0.1) is 11.8 Å². The molecule has 0 amide bonds. The highest BCUT2D eigenvalue weighted by molar-refractivity contribution is 5.90. The molecule has 1 aromatic rings. The van der Waals surface area contributed by atoms with Gasteiger partial charge in [-0.25, -0.2) is 4.79 Å². The van der Waals surface area contributed by atoms with Gasteiger partial charge in [0.05, 0.1) is 37.9 Å². The number of methoxy groups -OCH3 is 1. The molecular weight excluding hydrogens is 360 g/mol. The van der Waals surface area contributed by atoms with Crippen molar-refractivity contribution in [3.05, 3.63) is 35.6 Å². The van der Waals surface area contributed by atoms with Crippen LogP contribution in [0.4, 0.5) is 0 Å². The molecule has 27 heavy (non-hydrogen) atoms. The zero-order chi connectivity index (χ0) is 20.0. The van der Waals surface area contributed by atoms with E-state index in [1.807, 2.05) is 0 Å². The minimum atomic E-state index is -1.48. The van der Waals surface area contributed by atoms with Crippen molar-refractivity contribution >= 4 is 18.2 Å². The number of aromatic hydroxyl groups is 2. The van der Waals surface area contributed by atoms with Crippen LogP contribution in [-0.2, 0) is 35.0 Å². The van der Waals surface area contributed by atoms with E-state index in [9.17, 15) is 29.7 Å². The van der Waals surface area contributed by atoms with Gasteiger partial charge >= 0.3 is 11.9 Å². The molecule has 0 aliphatic carbocycles. The van der Waals surface area contributed by atoms with Crippen LogP contribution in [0.2, 0.25) is 0 Å². The Balaban J connectivity index is 2.04. The summed E-state index contributed by atoms with van der Waals surface area (Å²) in [6.45, 7) is -0.0559. The number of hydrogen-bond acceptors (Lipinski definition) is 9. The number of aldehydes is 1. The number of hydrogen-bond donors (Lipinski definition) is 3. The quantitative estimate of drug-likeness (QED) is 0.348. The largest absolute Gasteiger partial charge is 0.504 e. The molecule has 146 valence electrons. The number of phenolic OH excluding ortho intramolecular Hbond substituents is 2. The van der Waals surface area contributed by atoms with Crippen molar-refractivity contribution in [2.24, 2.45) is 11.8 Å². The Bertz CT molecular complexity index is 740. The van der Waals surface area contributed by atoms with Gasteiger partial charge in [0, 0.05) is 12.3 Å². The predicted octanol–water partition coefficient (Wildman–Crippen LogP) is 0.410. The van der Waals surface area contributed by atoms with E-state index in [1.54, 1.807) is 6.07 Å². The van der Waals surface area contributed by atoms with Gasteiger partial charge < -0.3 is 34.3 Å². The third-order valence-corrected chi connectivity index (χ3v) is 4.20. The van der Waals surface area contributed by atoms with Crippen molar-refractivity contribution in [2.75, 3.05) is 13.7 Å². The first kappa shape index (κ1) is 20.2.